The van der Waals surface area contributed by atoms with Crippen molar-refractivity contribution in [1.82, 2.24) is 9.80 Å². The molecular weight excluding hydrogens is 814 g/mol. The van der Waals surface area contributed by atoms with E-state index in [4.69, 9.17) is 37.6 Å². The van der Waals surface area contributed by atoms with Gasteiger partial charge in [0.25, 0.3) is 0 Å². The van der Waals surface area contributed by atoms with Crippen molar-refractivity contribution >= 4 is 37.3 Å². The number of methoxy groups -OCH3 is 2. The number of ether oxygens (including phenoxy) is 4. The van der Waals surface area contributed by atoms with E-state index in [2.05, 4.69) is 71.0 Å². The number of benzene rings is 2. The fourth-order valence-corrected chi connectivity index (χ4v) is 13.4. The predicted molar refractivity (Wildman–Crippen MR) is 239 cm³/mol. The Balaban J connectivity index is 0.000000143. The second-order valence-electron chi connectivity index (χ2n) is 21.9. The molecule has 2 amide bonds. The van der Waals surface area contributed by atoms with E-state index in [-0.39, 0.29) is 53.0 Å². The molecule has 10 aliphatic rings. The molecule has 15 heteroatoms. The van der Waals surface area contributed by atoms with Crippen molar-refractivity contribution in [3.63, 3.8) is 0 Å². The molecule has 6 aliphatic heterocycles. The summed E-state index contributed by atoms with van der Waals surface area (Å²) < 4.78 is 49.2. The number of amides is 2. The van der Waals surface area contributed by atoms with Crippen LogP contribution in [0, 0.1) is 17.8 Å². The fraction of sp³-hybridized carbons (Fsp3) is 0.633. The summed E-state index contributed by atoms with van der Waals surface area (Å²) in [5, 5.41) is 11.0. The van der Waals surface area contributed by atoms with Crippen LogP contribution in [-0.2, 0) is 51.8 Å². The molecule has 2 aromatic rings. The minimum atomic E-state index is -0.707. The van der Waals surface area contributed by atoms with E-state index in [1.54, 1.807) is 0 Å². The second kappa shape index (κ2) is 13.8. The number of hydrogen-bond donors (Lipinski definition) is 1. The van der Waals surface area contributed by atoms with Gasteiger partial charge in [-0.3, -0.25) is 0 Å². The van der Waals surface area contributed by atoms with Gasteiger partial charge in [0.1, 0.15) is 29.8 Å². The molecule has 2 aromatic carbocycles. The number of aliphatic hydroxyl groups is 1. The van der Waals surface area contributed by atoms with Crippen LogP contribution in [0.2, 0.25) is 0 Å². The lowest BCUT2D eigenvalue weighted by Gasteiger charge is -2.57. The van der Waals surface area contributed by atoms with Crippen molar-refractivity contribution in [2.45, 2.75) is 152 Å². The normalized spacial score (nSPS) is 37.2. The number of aliphatic hydroxyl groups excluding tert-OH is 1. The van der Waals surface area contributed by atoms with Gasteiger partial charge in [-0.25, -0.2) is 9.59 Å². The first-order chi connectivity index (χ1) is 30.2. The van der Waals surface area contributed by atoms with Crippen LogP contribution < -0.4 is 20.4 Å². The number of carbonyl (C=O) groups excluding carboxylic acids is 2. The van der Waals surface area contributed by atoms with E-state index >= 15 is 0 Å². The molecule has 2 unspecified atom stereocenters. The first-order valence-corrected chi connectivity index (χ1v) is 23.3. The lowest BCUT2D eigenvalue weighted by Crippen LogP contribution is -2.66. The molecule has 64 heavy (non-hydrogen) atoms. The standard InChI is InChI=1S/C25H32BNO5.C24H30BNO6/c1-14-7-9-16-18-13-15-8-10-17(26-31-23(2,3)24(4,5)32-26)20-19(15)25(16,21(14)30-20)11-12-27(18)22(28)29-6;1-22(2)23(3,4)32-25(31-22)15-8-6-13-12-16-14-7-9-17(27)20-24(14,18(13)19(15)30-20)10-11-26(16)21(28)29-5/h7-10,14,16,18,21H,11-13H2,1-6H3;6-9,14,16-17,20,27H,10-12H2,1-5H3/t14-,16-,18?,21-,25-;14-,16?,17-,20-,24-/m00/s1. The fourth-order valence-electron chi connectivity index (χ4n) is 13.4. The third-order valence-corrected chi connectivity index (χ3v) is 18.0. The minimum absolute atomic E-state index is 0.0211. The van der Waals surface area contributed by atoms with E-state index in [9.17, 15) is 14.7 Å². The first-order valence-electron chi connectivity index (χ1n) is 23.3. The number of rotatable bonds is 2. The molecule has 0 saturated carbocycles. The zero-order valence-electron chi connectivity index (χ0n) is 39.1. The molecule has 1 N–H and O–H groups in total. The summed E-state index contributed by atoms with van der Waals surface area (Å²) in [6.45, 7) is 20.0. The topological polar surface area (TPSA) is 135 Å². The van der Waals surface area contributed by atoms with Crippen LogP contribution in [0.1, 0.15) is 97.4 Å². The van der Waals surface area contributed by atoms with Crippen LogP contribution in [0.25, 0.3) is 0 Å². The molecule has 6 heterocycles. The Bertz CT molecular complexity index is 2200. The van der Waals surface area contributed by atoms with Gasteiger partial charge in [0.2, 0.25) is 0 Å². The highest BCUT2D eigenvalue weighted by Gasteiger charge is 2.68. The molecule has 340 valence electrons. The number of nitrogens with zero attached hydrogens (tertiary/aromatic N) is 2. The highest BCUT2D eigenvalue weighted by molar-refractivity contribution is 6.63. The Morgan fingerprint density at radius 2 is 1.03 bits per heavy atom. The third kappa shape index (κ3) is 5.44. The Morgan fingerprint density at radius 3 is 1.47 bits per heavy atom. The number of carbonyl (C=O) groups is 2. The summed E-state index contributed by atoms with van der Waals surface area (Å²) in [5.41, 5.74) is 4.61. The Labute approximate surface area is 377 Å². The van der Waals surface area contributed by atoms with Gasteiger partial charge in [-0.05, 0) is 92.2 Å². The molecule has 4 saturated heterocycles. The van der Waals surface area contributed by atoms with Gasteiger partial charge in [-0.1, -0.05) is 55.5 Å². The molecule has 0 aromatic heterocycles. The SMILES string of the molecule is COC(=O)N1CC[C@]23c4c5ccc(B6OC(C)(C)C(C)(C)O6)c4O[C@H]2[C@@H](C)C=C[C@H]3C1C5.COC(=O)N1CC[C@]23c4c5ccc(B6OC(C)(C)C(C)(C)O6)c4O[C@H]2[C@@H](O)C=C[C@H]3C1C5. The summed E-state index contributed by atoms with van der Waals surface area (Å²) >= 11 is 0. The van der Waals surface area contributed by atoms with Crippen LogP contribution in [0.3, 0.4) is 0 Å². The maximum Gasteiger partial charge on any atom is 0.498 e. The average Bonchev–Trinajstić information content (AvgIpc) is 3.91. The van der Waals surface area contributed by atoms with Crippen molar-refractivity contribution < 1.29 is 52.3 Å². The van der Waals surface area contributed by atoms with Gasteiger partial charge < -0.3 is 52.5 Å². The highest BCUT2D eigenvalue weighted by Crippen LogP contribution is 2.63. The van der Waals surface area contributed by atoms with Gasteiger partial charge in [0, 0.05) is 75.8 Å². The average molecular weight is 877 g/mol. The van der Waals surface area contributed by atoms with Crippen molar-refractivity contribution in [2.24, 2.45) is 17.8 Å². The number of hydrogen-bond acceptors (Lipinski definition) is 11. The monoisotopic (exact) mass is 876 g/mol. The van der Waals surface area contributed by atoms with Crippen molar-refractivity contribution in [3.8, 4) is 11.5 Å². The van der Waals surface area contributed by atoms with Gasteiger partial charge in [-0.15, -0.1) is 0 Å². The molecule has 10 atom stereocenters. The van der Waals surface area contributed by atoms with Gasteiger partial charge in [0.05, 0.1) is 36.6 Å². The maximum atomic E-state index is 12.6. The smallest absolute Gasteiger partial charge is 0.489 e. The molecule has 2 spiro atoms. The van der Waals surface area contributed by atoms with Crippen molar-refractivity contribution in [3.05, 3.63) is 70.8 Å². The quantitative estimate of drug-likeness (QED) is 0.318. The van der Waals surface area contributed by atoms with Crippen molar-refractivity contribution in [2.75, 3.05) is 27.3 Å². The Morgan fingerprint density at radius 1 is 0.625 bits per heavy atom. The van der Waals surface area contributed by atoms with Crippen LogP contribution in [0.4, 0.5) is 9.59 Å². The molecule has 13 nitrogen and oxygen atoms in total. The lowest BCUT2D eigenvalue weighted by atomic mass is 9.52. The molecule has 4 bridgehead atoms. The second-order valence-corrected chi connectivity index (χ2v) is 21.9. The summed E-state index contributed by atoms with van der Waals surface area (Å²) in [5.74, 6) is 2.33. The van der Waals surface area contributed by atoms with Crippen molar-refractivity contribution in [1.29, 1.82) is 0 Å². The Hall–Kier alpha value is -4.01. The molecule has 4 aliphatic carbocycles. The van der Waals surface area contributed by atoms with Gasteiger partial charge in [-0.2, -0.15) is 0 Å². The summed E-state index contributed by atoms with van der Waals surface area (Å²) in [6, 6.07) is 8.55. The minimum Gasteiger partial charge on any atom is -0.489 e. The summed E-state index contributed by atoms with van der Waals surface area (Å²) in [6.07, 6.45) is 10.1. The largest absolute Gasteiger partial charge is 0.498 e. The van der Waals surface area contributed by atoms with E-state index < -0.39 is 48.8 Å². The Kier molecular flexibility index (Phi) is 9.17. The molecular formula is C49H62B2N2O11. The molecule has 12 rings (SSSR count). The van der Waals surface area contributed by atoms with Crippen LogP contribution >= 0.6 is 0 Å². The molecule has 0 radical (unpaired) electrons. The number of piperidine rings is 2. The van der Waals surface area contributed by atoms with E-state index in [0.29, 0.717) is 25.4 Å². The van der Waals surface area contributed by atoms with E-state index in [1.165, 1.54) is 36.5 Å². The molecule has 4 fully saturated rings. The lowest BCUT2D eigenvalue weighted by molar-refractivity contribution is -0.0468. The summed E-state index contributed by atoms with van der Waals surface area (Å²) in [7, 11) is 1.92. The van der Waals surface area contributed by atoms with Crippen LogP contribution in [-0.4, -0.2) is 121 Å². The van der Waals surface area contributed by atoms with Crippen LogP contribution in [0.5, 0.6) is 11.5 Å². The zero-order chi connectivity index (χ0) is 45.3. The first kappa shape index (κ1) is 42.6. The highest BCUT2D eigenvalue weighted by atomic mass is 16.7. The van der Waals surface area contributed by atoms with E-state index in [0.717, 1.165) is 41.7 Å². The summed E-state index contributed by atoms with van der Waals surface area (Å²) in [4.78, 5) is 28.9. The third-order valence-electron chi connectivity index (χ3n) is 18.0. The zero-order valence-corrected chi connectivity index (χ0v) is 39.1. The van der Waals surface area contributed by atoms with Gasteiger partial charge in [0.15, 0.2) is 0 Å². The number of likely N-dealkylation sites (tertiary alicyclic amines) is 2. The maximum absolute atomic E-state index is 12.6. The van der Waals surface area contributed by atoms with E-state index in [1.807, 2.05) is 49.6 Å². The predicted octanol–water partition coefficient (Wildman–Crippen LogP) is 5.13. The van der Waals surface area contributed by atoms with Crippen LogP contribution in [0.15, 0.2) is 48.6 Å². The van der Waals surface area contributed by atoms with Gasteiger partial charge >= 0.3 is 26.4 Å².